The van der Waals surface area contributed by atoms with Gasteiger partial charge in [0.1, 0.15) is 0 Å². The van der Waals surface area contributed by atoms with Gasteiger partial charge in [-0.15, -0.1) is 0 Å². The Kier molecular flexibility index (Phi) is 4.03. The quantitative estimate of drug-likeness (QED) is 0.895. The summed E-state index contributed by atoms with van der Waals surface area (Å²) in [7, 11) is 0. The molecule has 0 radical (unpaired) electrons. The molecule has 1 aromatic heterocycles. The molecule has 1 aromatic rings. The zero-order chi connectivity index (χ0) is 13.3. The minimum atomic E-state index is -0.408. The molecule has 0 aromatic carbocycles. The van der Waals surface area contributed by atoms with Crippen LogP contribution in [0.15, 0.2) is 24.4 Å². The zero-order valence-corrected chi connectivity index (χ0v) is 11.6. The third-order valence-corrected chi connectivity index (χ3v) is 4.38. The first-order chi connectivity index (χ1) is 8.52. The minimum absolute atomic E-state index is 0.0370. The standard InChI is InChI=1S/C15H23NO2/c1-9-11(3)18-12(4)14(9)15(17)10(2)13-7-5-6-8-16-13/h5-12,14-15,17H,1-4H3. The normalized spacial score (nSPS) is 35.4. The number of aliphatic hydroxyl groups is 1. The summed E-state index contributed by atoms with van der Waals surface area (Å²) >= 11 is 0. The fourth-order valence-electron chi connectivity index (χ4n) is 3.04. The number of aliphatic hydroxyl groups excluding tert-OH is 1. The number of ether oxygens (including phenoxy) is 1. The lowest BCUT2D eigenvalue weighted by atomic mass is 9.79. The first-order valence-corrected chi connectivity index (χ1v) is 6.76. The number of hydrogen-bond acceptors (Lipinski definition) is 3. The molecule has 0 saturated carbocycles. The molecule has 1 aliphatic heterocycles. The highest BCUT2D eigenvalue weighted by molar-refractivity contribution is 5.11. The van der Waals surface area contributed by atoms with E-state index in [1.165, 1.54) is 0 Å². The molecular formula is C15H23NO2. The number of hydrogen-bond donors (Lipinski definition) is 1. The van der Waals surface area contributed by atoms with Crippen LogP contribution in [-0.2, 0) is 4.74 Å². The van der Waals surface area contributed by atoms with Gasteiger partial charge >= 0.3 is 0 Å². The number of aromatic nitrogens is 1. The summed E-state index contributed by atoms with van der Waals surface area (Å²) < 4.78 is 5.81. The van der Waals surface area contributed by atoms with Gasteiger partial charge in [-0.1, -0.05) is 19.9 Å². The van der Waals surface area contributed by atoms with E-state index >= 15 is 0 Å². The first-order valence-electron chi connectivity index (χ1n) is 6.76. The van der Waals surface area contributed by atoms with Crippen LogP contribution in [0.5, 0.6) is 0 Å². The summed E-state index contributed by atoms with van der Waals surface area (Å²) in [4.78, 5) is 4.34. The predicted molar refractivity (Wildman–Crippen MR) is 71.3 cm³/mol. The van der Waals surface area contributed by atoms with Crippen molar-refractivity contribution in [3.8, 4) is 0 Å². The van der Waals surface area contributed by atoms with Crippen molar-refractivity contribution in [2.24, 2.45) is 11.8 Å². The van der Waals surface area contributed by atoms with E-state index in [2.05, 4.69) is 25.8 Å². The molecule has 100 valence electrons. The molecule has 0 spiro atoms. The van der Waals surface area contributed by atoms with Gasteiger partial charge < -0.3 is 9.84 Å². The second-order valence-corrected chi connectivity index (χ2v) is 5.52. The van der Waals surface area contributed by atoms with Gasteiger partial charge in [0.2, 0.25) is 0 Å². The molecule has 2 heterocycles. The lowest BCUT2D eigenvalue weighted by Gasteiger charge is -2.29. The molecule has 1 aliphatic rings. The molecule has 1 N–H and O–H groups in total. The van der Waals surface area contributed by atoms with E-state index < -0.39 is 6.10 Å². The summed E-state index contributed by atoms with van der Waals surface area (Å²) in [5.74, 6) is 0.591. The summed E-state index contributed by atoms with van der Waals surface area (Å²) in [5, 5.41) is 10.6. The fraction of sp³-hybridized carbons (Fsp3) is 0.667. The van der Waals surface area contributed by atoms with Crippen LogP contribution in [0.1, 0.15) is 39.3 Å². The van der Waals surface area contributed by atoms with Gasteiger partial charge in [0.05, 0.1) is 18.3 Å². The van der Waals surface area contributed by atoms with Crippen molar-refractivity contribution < 1.29 is 9.84 Å². The second kappa shape index (κ2) is 5.37. The van der Waals surface area contributed by atoms with Crippen LogP contribution in [-0.4, -0.2) is 28.4 Å². The Morgan fingerprint density at radius 3 is 2.44 bits per heavy atom. The monoisotopic (exact) mass is 249 g/mol. The molecule has 3 heteroatoms. The van der Waals surface area contributed by atoms with Gasteiger partial charge in [0.15, 0.2) is 0 Å². The van der Waals surface area contributed by atoms with Crippen LogP contribution < -0.4 is 0 Å². The Morgan fingerprint density at radius 2 is 1.94 bits per heavy atom. The molecule has 0 amide bonds. The van der Waals surface area contributed by atoms with Crippen molar-refractivity contribution in [1.29, 1.82) is 0 Å². The number of rotatable bonds is 3. The smallest absolute Gasteiger partial charge is 0.0677 e. The molecule has 6 atom stereocenters. The largest absolute Gasteiger partial charge is 0.392 e. The molecular weight excluding hydrogens is 226 g/mol. The van der Waals surface area contributed by atoms with Gasteiger partial charge in [0.25, 0.3) is 0 Å². The summed E-state index contributed by atoms with van der Waals surface area (Å²) in [6.07, 6.45) is 1.70. The fourth-order valence-corrected chi connectivity index (χ4v) is 3.04. The Morgan fingerprint density at radius 1 is 1.22 bits per heavy atom. The Bertz CT molecular complexity index is 381. The minimum Gasteiger partial charge on any atom is -0.392 e. The average molecular weight is 249 g/mol. The molecule has 0 bridgehead atoms. The van der Waals surface area contributed by atoms with Crippen molar-refractivity contribution in [2.75, 3.05) is 0 Å². The van der Waals surface area contributed by atoms with Crippen molar-refractivity contribution in [3.63, 3.8) is 0 Å². The number of pyridine rings is 1. The molecule has 6 unspecified atom stereocenters. The van der Waals surface area contributed by atoms with Crippen molar-refractivity contribution >= 4 is 0 Å². The SMILES string of the molecule is CC1OC(C)C(C(O)C(C)c2ccccn2)C1C. The highest BCUT2D eigenvalue weighted by Gasteiger charge is 2.43. The Balaban J connectivity index is 2.14. The maximum absolute atomic E-state index is 10.6. The van der Waals surface area contributed by atoms with E-state index in [1.807, 2.05) is 25.1 Å². The maximum atomic E-state index is 10.6. The van der Waals surface area contributed by atoms with Gasteiger partial charge in [-0.2, -0.15) is 0 Å². The number of nitrogens with zero attached hydrogens (tertiary/aromatic N) is 1. The van der Waals surface area contributed by atoms with E-state index in [4.69, 9.17) is 4.74 Å². The zero-order valence-electron chi connectivity index (χ0n) is 11.6. The van der Waals surface area contributed by atoms with Crippen molar-refractivity contribution in [2.45, 2.75) is 51.9 Å². The maximum Gasteiger partial charge on any atom is 0.0677 e. The summed E-state index contributed by atoms with van der Waals surface area (Å²) in [6.45, 7) is 8.33. The summed E-state index contributed by atoms with van der Waals surface area (Å²) in [5.41, 5.74) is 0.948. The predicted octanol–water partition coefficient (Wildman–Crippen LogP) is 2.61. The molecule has 18 heavy (non-hydrogen) atoms. The second-order valence-electron chi connectivity index (χ2n) is 5.52. The van der Waals surface area contributed by atoms with E-state index in [1.54, 1.807) is 6.20 Å². The highest BCUT2D eigenvalue weighted by Crippen LogP contribution is 2.38. The Hall–Kier alpha value is -0.930. The molecule has 0 aliphatic carbocycles. The van der Waals surface area contributed by atoms with Crippen molar-refractivity contribution in [1.82, 2.24) is 4.98 Å². The summed E-state index contributed by atoms with van der Waals surface area (Å²) in [6, 6.07) is 5.84. The van der Waals surface area contributed by atoms with Gasteiger partial charge in [0, 0.05) is 23.7 Å². The average Bonchev–Trinajstić information content (AvgIpc) is 2.63. The topological polar surface area (TPSA) is 42.4 Å². The van der Waals surface area contributed by atoms with Gasteiger partial charge in [-0.3, -0.25) is 4.98 Å². The molecule has 1 fully saturated rings. The van der Waals surface area contributed by atoms with E-state index in [0.29, 0.717) is 5.92 Å². The third-order valence-electron chi connectivity index (χ3n) is 4.38. The lowest BCUT2D eigenvalue weighted by Crippen LogP contribution is -2.34. The van der Waals surface area contributed by atoms with Crippen LogP contribution in [0.2, 0.25) is 0 Å². The van der Waals surface area contributed by atoms with E-state index in [9.17, 15) is 5.11 Å². The van der Waals surface area contributed by atoms with E-state index in [0.717, 1.165) is 5.69 Å². The van der Waals surface area contributed by atoms with Crippen LogP contribution in [0.25, 0.3) is 0 Å². The van der Waals surface area contributed by atoms with Crippen molar-refractivity contribution in [3.05, 3.63) is 30.1 Å². The van der Waals surface area contributed by atoms with Crippen LogP contribution in [0.3, 0.4) is 0 Å². The first kappa shape index (κ1) is 13.5. The van der Waals surface area contributed by atoms with Crippen LogP contribution in [0.4, 0.5) is 0 Å². The molecule has 2 rings (SSSR count). The van der Waals surface area contributed by atoms with E-state index in [-0.39, 0.29) is 24.0 Å². The third kappa shape index (κ3) is 2.43. The van der Waals surface area contributed by atoms with Gasteiger partial charge in [-0.25, -0.2) is 0 Å². The van der Waals surface area contributed by atoms with Crippen LogP contribution in [0, 0.1) is 11.8 Å². The van der Waals surface area contributed by atoms with Crippen LogP contribution >= 0.6 is 0 Å². The molecule has 3 nitrogen and oxygen atoms in total. The highest BCUT2D eigenvalue weighted by atomic mass is 16.5. The van der Waals surface area contributed by atoms with Gasteiger partial charge in [-0.05, 0) is 31.9 Å². The lowest BCUT2D eigenvalue weighted by molar-refractivity contribution is 0.0154. The Labute approximate surface area is 109 Å². The molecule has 1 saturated heterocycles.